The van der Waals surface area contributed by atoms with Crippen molar-refractivity contribution in [2.75, 3.05) is 0 Å². The fourth-order valence-corrected chi connectivity index (χ4v) is 1.74. The minimum atomic E-state index is -1.31. The fraction of sp³-hybridized carbons (Fsp3) is 0.250. The smallest absolute Gasteiger partial charge is 0.329 e. The maximum absolute atomic E-state index is 11.8. The molecule has 0 aliphatic rings. The molecule has 0 saturated heterocycles. The summed E-state index contributed by atoms with van der Waals surface area (Å²) in [5, 5.41) is 9.20. The van der Waals surface area contributed by atoms with E-state index in [4.69, 9.17) is 0 Å². The molecule has 0 aliphatic heterocycles. The van der Waals surface area contributed by atoms with Crippen LogP contribution in [0.1, 0.15) is 13.8 Å². The van der Waals surface area contributed by atoms with Crippen LogP contribution in [0.2, 0.25) is 0 Å². The molecule has 2 aromatic rings. The number of fused-ring (bicyclic) bond motifs is 1. The lowest BCUT2D eigenvalue weighted by atomic mass is 10.0. The molecule has 0 fully saturated rings. The molecular weight excluding hydrogens is 220 g/mol. The zero-order valence-electron chi connectivity index (χ0n) is 9.54. The van der Waals surface area contributed by atoms with Crippen LogP contribution in [0.5, 0.6) is 0 Å². The Morgan fingerprint density at radius 2 is 2.00 bits per heavy atom. The number of para-hydroxylation sites is 2. The van der Waals surface area contributed by atoms with Gasteiger partial charge in [-0.05, 0) is 26.0 Å². The third-order valence-corrected chi connectivity index (χ3v) is 2.74. The van der Waals surface area contributed by atoms with Crippen molar-refractivity contribution in [2.45, 2.75) is 19.4 Å². The summed E-state index contributed by atoms with van der Waals surface area (Å²) in [5.74, 6) is -1.06. The molecule has 88 valence electrons. The number of benzene rings is 1. The van der Waals surface area contributed by atoms with Crippen LogP contribution in [-0.2, 0) is 10.3 Å². The van der Waals surface area contributed by atoms with E-state index in [0.29, 0.717) is 11.0 Å². The van der Waals surface area contributed by atoms with E-state index < -0.39 is 17.1 Å². The van der Waals surface area contributed by atoms with E-state index in [0.717, 1.165) is 6.20 Å². The predicted octanol–water partition coefficient (Wildman–Crippen LogP) is 1.22. The summed E-state index contributed by atoms with van der Waals surface area (Å²) in [6, 6.07) is 6.97. The van der Waals surface area contributed by atoms with Gasteiger partial charge in [-0.15, -0.1) is 0 Å². The second-order valence-corrected chi connectivity index (χ2v) is 4.28. The summed E-state index contributed by atoms with van der Waals surface area (Å²) >= 11 is 0. The molecule has 0 aliphatic carbocycles. The second-order valence-electron chi connectivity index (χ2n) is 4.28. The van der Waals surface area contributed by atoms with E-state index >= 15 is 0 Å². The number of aromatic nitrogens is 2. The maximum Gasteiger partial charge on any atom is 0.329 e. The van der Waals surface area contributed by atoms with Crippen LogP contribution in [0.3, 0.4) is 0 Å². The number of nitrogens with zero attached hydrogens (tertiary/aromatic N) is 2. The van der Waals surface area contributed by atoms with Gasteiger partial charge in [-0.2, -0.15) is 0 Å². The lowest BCUT2D eigenvalue weighted by molar-refractivity contribution is -0.145. The SMILES string of the molecule is CC(C)(C(=O)O)n1c(=O)cnc2ccccc21. The van der Waals surface area contributed by atoms with Crippen LogP contribution in [0.15, 0.2) is 35.3 Å². The van der Waals surface area contributed by atoms with Gasteiger partial charge < -0.3 is 5.11 Å². The van der Waals surface area contributed by atoms with Gasteiger partial charge >= 0.3 is 5.97 Å². The summed E-state index contributed by atoms with van der Waals surface area (Å²) in [6.45, 7) is 2.98. The third-order valence-electron chi connectivity index (χ3n) is 2.74. The lowest BCUT2D eigenvalue weighted by Crippen LogP contribution is -2.42. The van der Waals surface area contributed by atoms with E-state index in [1.807, 2.05) is 0 Å². The molecule has 0 bridgehead atoms. The number of hydrogen-bond acceptors (Lipinski definition) is 3. The van der Waals surface area contributed by atoms with Crippen molar-refractivity contribution in [1.29, 1.82) is 0 Å². The molecule has 0 amide bonds. The molecule has 0 saturated carbocycles. The quantitative estimate of drug-likeness (QED) is 0.844. The topological polar surface area (TPSA) is 72.2 Å². The van der Waals surface area contributed by atoms with Crippen LogP contribution in [-0.4, -0.2) is 20.6 Å². The number of carboxylic acids is 1. The van der Waals surface area contributed by atoms with Crippen LogP contribution in [0.4, 0.5) is 0 Å². The number of rotatable bonds is 2. The van der Waals surface area contributed by atoms with Crippen molar-refractivity contribution < 1.29 is 9.90 Å². The van der Waals surface area contributed by atoms with Gasteiger partial charge in [0.25, 0.3) is 5.56 Å². The van der Waals surface area contributed by atoms with Gasteiger partial charge in [0.05, 0.1) is 17.2 Å². The molecule has 17 heavy (non-hydrogen) atoms. The maximum atomic E-state index is 11.8. The molecule has 5 nitrogen and oxygen atoms in total. The molecule has 0 spiro atoms. The second kappa shape index (κ2) is 3.69. The van der Waals surface area contributed by atoms with Crippen molar-refractivity contribution >= 4 is 17.0 Å². The van der Waals surface area contributed by atoms with Crippen molar-refractivity contribution in [1.82, 2.24) is 9.55 Å². The molecule has 2 rings (SSSR count). The van der Waals surface area contributed by atoms with E-state index in [1.165, 1.54) is 18.4 Å². The highest BCUT2D eigenvalue weighted by molar-refractivity contribution is 5.81. The Morgan fingerprint density at radius 1 is 1.35 bits per heavy atom. The first-order chi connectivity index (χ1) is 7.94. The van der Waals surface area contributed by atoms with Crippen molar-refractivity contribution in [3.63, 3.8) is 0 Å². The number of hydrogen-bond donors (Lipinski definition) is 1. The van der Waals surface area contributed by atoms with E-state index in [9.17, 15) is 14.7 Å². The van der Waals surface area contributed by atoms with Crippen LogP contribution >= 0.6 is 0 Å². The van der Waals surface area contributed by atoms with E-state index in [-0.39, 0.29) is 0 Å². The van der Waals surface area contributed by atoms with Crippen LogP contribution in [0, 0.1) is 0 Å². The van der Waals surface area contributed by atoms with Crippen LogP contribution < -0.4 is 5.56 Å². The van der Waals surface area contributed by atoms with Gasteiger partial charge in [-0.3, -0.25) is 9.36 Å². The Bertz CT molecular complexity index is 643. The Morgan fingerprint density at radius 3 is 2.65 bits per heavy atom. The number of aliphatic carboxylic acids is 1. The average Bonchev–Trinajstić information content (AvgIpc) is 2.28. The summed E-state index contributed by atoms with van der Waals surface area (Å²) in [6.07, 6.45) is 1.15. The normalized spacial score (nSPS) is 11.6. The van der Waals surface area contributed by atoms with Gasteiger partial charge in [0.2, 0.25) is 0 Å². The third kappa shape index (κ3) is 1.69. The number of carboxylic acid groups (broad SMARTS) is 1. The Hall–Kier alpha value is -2.17. The van der Waals surface area contributed by atoms with Crippen molar-refractivity contribution in [2.24, 2.45) is 0 Å². The summed E-state index contributed by atoms with van der Waals surface area (Å²) < 4.78 is 1.25. The summed E-state index contributed by atoms with van der Waals surface area (Å²) in [5.41, 5.74) is -0.607. The van der Waals surface area contributed by atoms with Gasteiger partial charge in [0.15, 0.2) is 0 Å². The van der Waals surface area contributed by atoms with Crippen molar-refractivity contribution in [3.05, 3.63) is 40.8 Å². The molecular formula is C12H12N2O3. The van der Waals surface area contributed by atoms with E-state index in [2.05, 4.69) is 4.98 Å². The highest BCUT2D eigenvalue weighted by atomic mass is 16.4. The van der Waals surface area contributed by atoms with Gasteiger partial charge in [-0.25, -0.2) is 9.78 Å². The van der Waals surface area contributed by atoms with Gasteiger partial charge in [0, 0.05) is 0 Å². The largest absolute Gasteiger partial charge is 0.480 e. The molecule has 0 atom stereocenters. The first kappa shape index (κ1) is 11.3. The predicted molar refractivity (Wildman–Crippen MR) is 63.0 cm³/mol. The van der Waals surface area contributed by atoms with Crippen LogP contribution in [0.25, 0.3) is 11.0 Å². The highest BCUT2D eigenvalue weighted by Gasteiger charge is 2.31. The minimum absolute atomic E-state index is 0.420. The fourth-order valence-electron chi connectivity index (χ4n) is 1.74. The van der Waals surface area contributed by atoms with Gasteiger partial charge in [-0.1, -0.05) is 12.1 Å². The summed E-state index contributed by atoms with van der Waals surface area (Å²) in [7, 11) is 0. The lowest BCUT2D eigenvalue weighted by Gasteiger charge is -2.24. The molecule has 0 unspecified atom stereocenters. The van der Waals surface area contributed by atoms with Gasteiger partial charge in [0.1, 0.15) is 5.54 Å². The zero-order chi connectivity index (χ0) is 12.6. The van der Waals surface area contributed by atoms with E-state index in [1.54, 1.807) is 24.3 Å². The Balaban J connectivity index is 2.89. The molecule has 1 aromatic heterocycles. The Labute approximate surface area is 97.3 Å². The monoisotopic (exact) mass is 232 g/mol. The zero-order valence-corrected chi connectivity index (χ0v) is 9.54. The highest BCUT2D eigenvalue weighted by Crippen LogP contribution is 2.19. The molecule has 1 N–H and O–H groups in total. The molecule has 1 heterocycles. The number of carbonyl (C=O) groups is 1. The minimum Gasteiger partial charge on any atom is -0.480 e. The molecule has 0 radical (unpaired) electrons. The standard InChI is InChI=1S/C12H12N2O3/c1-12(2,11(16)17)14-9-6-4-3-5-8(9)13-7-10(14)15/h3-7H,1-2H3,(H,16,17). The average molecular weight is 232 g/mol. The van der Waals surface area contributed by atoms with Crippen molar-refractivity contribution in [3.8, 4) is 0 Å². The molecule has 5 heteroatoms. The first-order valence-electron chi connectivity index (χ1n) is 5.15. The Kier molecular flexibility index (Phi) is 2.46. The molecule has 1 aromatic carbocycles. The first-order valence-corrected chi connectivity index (χ1v) is 5.15. The summed E-state index contributed by atoms with van der Waals surface area (Å²) in [4.78, 5) is 27.0.